The number of halogens is 2. The molecular weight excluding hydrogens is 425 g/mol. The van der Waals surface area contributed by atoms with E-state index in [1.807, 2.05) is 53.4 Å². The third-order valence-electron chi connectivity index (χ3n) is 5.16. The second-order valence-corrected chi connectivity index (χ2v) is 7.89. The van der Waals surface area contributed by atoms with E-state index < -0.39 is 0 Å². The molecule has 3 atom stereocenters. The molecule has 0 bridgehead atoms. The van der Waals surface area contributed by atoms with Crippen molar-refractivity contribution in [3.8, 4) is 0 Å². The van der Waals surface area contributed by atoms with Gasteiger partial charge in [-0.05, 0) is 48.2 Å². The molecule has 0 spiro atoms. The van der Waals surface area contributed by atoms with Crippen LogP contribution < -0.4 is 0 Å². The van der Waals surface area contributed by atoms with E-state index in [-0.39, 0.29) is 36.9 Å². The van der Waals surface area contributed by atoms with Gasteiger partial charge in [0.25, 0.3) is 0 Å². The van der Waals surface area contributed by atoms with E-state index in [1.165, 1.54) is 0 Å². The van der Waals surface area contributed by atoms with Gasteiger partial charge in [-0.25, -0.2) is 0 Å². The summed E-state index contributed by atoms with van der Waals surface area (Å²) in [6.07, 6.45) is 2.92. The van der Waals surface area contributed by atoms with Gasteiger partial charge in [0, 0.05) is 16.1 Å². The molecule has 1 aliphatic rings. The molecule has 1 heterocycles. The van der Waals surface area contributed by atoms with Crippen molar-refractivity contribution in [2.75, 3.05) is 6.61 Å². The Labute approximate surface area is 186 Å². The molecule has 0 N–H and O–H groups in total. The van der Waals surface area contributed by atoms with Gasteiger partial charge in [0.2, 0.25) is 5.91 Å². The number of hydrogen-bond acceptors (Lipinski definition) is 4. The minimum atomic E-state index is -0.243. The van der Waals surface area contributed by atoms with Gasteiger partial charge in [0.1, 0.15) is 12.7 Å². The first-order valence-corrected chi connectivity index (χ1v) is 10.6. The molecule has 1 aliphatic heterocycles. The lowest BCUT2D eigenvalue weighted by Gasteiger charge is -2.45. The summed E-state index contributed by atoms with van der Waals surface area (Å²) in [5, 5.41) is 1.36. The van der Waals surface area contributed by atoms with Crippen LogP contribution >= 0.6 is 23.2 Å². The lowest BCUT2D eigenvalue weighted by molar-refractivity contribution is -0.191. The molecule has 2 aromatic carbocycles. The third kappa shape index (κ3) is 5.93. The molecule has 0 aliphatic carbocycles. The average molecular weight is 450 g/mol. The van der Waals surface area contributed by atoms with E-state index in [0.29, 0.717) is 10.0 Å². The van der Waals surface area contributed by atoms with Crippen molar-refractivity contribution >= 4 is 35.3 Å². The molecule has 2 aromatic rings. The summed E-state index contributed by atoms with van der Waals surface area (Å²) in [6.45, 7) is 4.39. The van der Waals surface area contributed by atoms with Crippen LogP contribution in [0.5, 0.6) is 0 Å². The number of benzene rings is 2. The monoisotopic (exact) mass is 449 g/mol. The van der Waals surface area contributed by atoms with Crippen LogP contribution in [0.15, 0.2) is 48.5 Å². The largest absolute Gasteiger partial charge is 0.373 e. The van der Waals surface area contributed by atoms with Crippen LogP contribution in [-0.2, 0) is 19.1 Å². The molecule has 1 saturated heterocycles. The molecule has 0 saturated carbocycles. The van der Waals surface area contributed by atoms with Gasteiger partial charge in [0.15, 0.2) is 0 Å². The highest BCUT2D eigenvalue weighted by molar-refractivity contribution is 6.30. The molecule has 3 rings (SSSR count). The molecule has 160 valence electrons. The highest BCUT2D eigenvalue weighted by Crippen LogP contribution is 2.42. The van der Waals surface area contributed by atoms with Crippen molar-refractivity contribution in [3.63, 3.8) is 0 Å². The highest BCUT2D eigenvalue weighted by Gasteiger charge is 2.41. The molecule has 0 radical (unpaired) electrons. The number of carbonyl (C=O) groups is 1. The quantitative estimate of drug-likeness (QED) is 0.572. The second kappa shape index (κ2) is 11.9. The summed E-state index contributed by atoms with van der Waals surface area (Å²) in [5.41, 5.74) is 2.05. The number of hydrogen-bond donors (Lipinski definition) is 0. The fourth-order valence-corrected chi connectivity index (χ4v) is 4.11. The summed E-state index contributed by atoms with van der Waals surface area (Å²) in [6, 6.07) is 15.4. The molecule has 5 nitrogen and oxygen atoms in total. The SMILES string of the molecule is CCC[C@H](CC)N1C(=O)CO[C@@H](c2ccc(Cl)cc2)[C@H]1c1ccc(Cl)cc1.O=C=O. The topological polar surface area (TPSA) is 63.7 Å². The van der Waals surface area contributed by atoms with Crippen molar-refractivity contribution < 1.29 is 19.1 Å². The summed E-state index contributed by atoms with van der Waals surface area (Å²) in [5.74, 6) is 0.0421. The predicted octanol–water partition coefficient (Wildman–Crippen LogP) is 5.63. The zero-order valence-electron chi connectivity index (χ0n) is 17.0. The van der Waals surface area contributed by atoms with Crippen LogP contribution in [0.3, 0.4) is 0 Å². The zero-order chi connectivity index (χ0) is 22.1. The van der Waals surface area contributed by atoms with Crippen molar-refractivity contribution in [1.82, 2.24) is 4.90 Å². The first-order chi connectivity index (χ1) is 14.5. The zero-order valence-corrected chi connectivity index (χ0v) is 18.5. The molecule has 1 fully saturated rings. The Bertz CT molecular complexity index is 849. The van der Waals surface area contributed by atoms with Crippen LogP contribution in [0.2, 0.25) is 10.0 Å². The maximum absolute atomic E-state index is 12.9. The predicted molar refractivity (Wildman–Crippen MR) is 115 cm³/mol. The Kier molecular flexibility index (Phi) is 9.54. The lowest BCUT2D eigenvalue weighted by atomic mass is 9.90. The van der Waals surface area contributed by atoms with Crippen LogP contribution in [0, 0.1) is 0 Å². The van der Waals surface area contributed by atoms with E-state index in [0.717, 1.165) is 30.4 Å². The Balaban J connectivity index is 0.00000101. The maximum atomic E-state index is 12.9. The summed E-state index contributed by atoms with van der Waals surface area (Å²) in [4.78, 5) is 31.2. The number of amides is 1. The Morgan fingerprint density at radius 1 is 1.00 bits per heavy atom. The fourth-order valence-electron chi connectivity index (χ4n) is 3.86. The smallest absolute Gasteiger partial charge is 0.361 e. The molecular formula is C23H25Cl2NO4. The molecule has 0 unspecified atom stereocenters. The molecule has 30 heavy (non-hydrogen) atoms. The van der Waals surface area contributed by atoms with E-state index in [1.54, 1.807) is 0 Å². The van der Waals surface area contributed by atoms with Crippen molar-refractivity contribution in [2.24, 2.45) is 0 Å². The third-order valence-corrected chi connectivity index (χ3v) is 5.66. The van der Waals surface area contributed by atoms with Gasteiger partial charge < -0.3 is 9.64 Å². The van der Waals surface area contributed by atoms with E-state index in [2.05, 4.69) is 13.8 Å². The minimum Gasteiger partial charge on any atom is -0.361 e. The van der Waals surface area contributed by atoms with Crippen LogP contribution in [0.4, 0.5) is 0 Å². The Morgan fingerprint density at radius 3 is 1.97 bits per heavy atom. The van der Waals surface area contributed by atoms with Crippen molar-refractivity contribution in [2.45, 2.75) is 51.3 Å². The van der Waals surface area contributed by atoms with Crippen LogP contribution in [0.25, 0.3) is 0 Å². The Hall–Kier alpha value is -2.17. The number of nitrogens with zero attached hydrogens (tertiary/aromatic N) is 1. The van der Waals surface area contributed by atoms with Crippen LogP contribution in [-0.4, -0.2) is 29.6 Å². The lowest BCUT2D eigenvalue weighted by Crippen LogP contribution is -2.50. The van der Waals surface area contributed by atoms with Crippen LogP contribution in [0.1, 0.15) is 56.4 Å². The molecule has 0 aromatic heterocycles. The Morgan fingerprint density at radius 2 is 1.50 bits per heavy atom. The number of morpholine rings is 1. The van der Waals surface area contributed by atoms with Gasteiger partial charge in [-0.15, -0.1) is 0 Å². The number of ether oxygens (including phenoxy) is 1. The van der Waals surface area contributed by atoms with Crippen molar-refractivity contribution in [1.29, 1.82) is 0 Å². The van der Waals surface area contributed by atoms with Gasteiger partial charge in [-0.2, -0.15) is 9.59 Å². The van der Waals surface area contributed by atoms with Gasteiger partial charge in [-0.3, -0.25) is 4.79 Å². The second-order valence-electron chi connectivity index (χ2n) is 7.01. The summed E-state index contributed by atoms with van der Waals surface area (Å²) < 4.78 is 6.05. The minimum absolute atomic E-state index is 0.0421. The van der Waals surface area contributed by atoms with E-state index >= 15 is 0 Å². The fraction of sp³-hybridized carbons (Fsp3) is 0.391. The highest BCUT2D eigenvalue weighted by atomic mass is 35.5. The van der Waals surface area contributed by atoms with Gasteiger partial charge in [0.05, 0.1) is 6.04 Å². The first kappa shape index (κ1) is 24.1. The standard InChI is InChI=1S/C22H25Cl2NO2.CO2/c1-3-5-19(4-2)25-20(26)14-27-22(16-8-12-18(24)13-9-16)21(25)15-6-10-17(23)11-7-15;2-1-3/h6-13,19,21-22H,3-5,14H2,1-2H3;/t19-,21+,22-;/m0./s1. The summed E-state index contributed by atoms with van der Waals surface area (Å²) in [7, 11) is 0. The summed E-state index contributed by atoms with van der Waals surface area (Å²) >= 11 is 12.2. The number of carbonyl (C=O) groups excluding carboxylic acids is 3. The maximum Gasteiger partial charge on any atom is 0.373 e. The average Bonchev–Trinajstić information content (AvgIpc) is 2.74. The first-order valence-electron chi connectivity index (χ1n) is 9.89. The van der Waals surface area contributed by atoms with Crippen molar-refractivity contribution in [3.05, 3.63) is 69.7 Å². The normalized spacial score (nSPS) is 19.5. The van der Waals surface area contributed by atoms with Gasteiger partial charge in [-0.1, -0.05) is 67.7 Å². The van der Waals surface area contributed by atoms with E-state index in [9.17, 15) is 4.79 Å². The van der Waals surface area contributed by atoms with E-state index in [4.69, 9.17) is 37.5 Å². The molecule has 1 amide bonds. The number of rotatable bonds is 6. The van der Waals surface area contributed by atoms with Gasteiger partial charge >= 0.3 is 6.15 Å². The molecule has 7 heteroatoms.